The Morgan fingerprint density at radius 1 is 1.10 bits per heavy atom. The second kappa shape index (κ2) is 7.35. The largest absolute Gasteiger partial charge is 0.497 e. The van der Waals surface area contributed by atoms with Crippen LogP contribution in [0.15, 0.2) is 42.0 Å². The quantitative estimate of drug-likeness (QED) is 0.572. The van der Waals surface area contributed by atoms with Crippen molar-refractivity contribution in [2.75, 3.05) is 7.11 Å². The number of aliphatic carboxylic acids is 1. The number of carboxylic acid groups (broad SMARTS) is 1. The maximum Gasteiger partial charge on any atom is 0.333 e. The van der Waals surface area contributed by atoms with Crippen LogP contribution in [-0.4, -0.2) is 22.8 Å². The standard InChI is InChI=1S/C26H27NO3/c1-16-8-10-22-23(12-16)27-15-19(26(28)29)13-18-14-20(30-2)9-11-21(18)25(27)24(22)17-6-4-3-5-7-17/h8-14,17H,3-7,15H2,1-2H3,(H,28,29). The zero-order valence-electron chi connectivity index (χ0n) is 17.6. The fourth-order valence-electron chi connectivity index (χ4n) is 5.28. The van der Waals surface area contributed by atoms with Crippen molar-refractivity contribution >= 4 is 22.9 Å². The zero-order chi connectivity index (χ0) is 20.8. The molecule has 0 amide bonds. The molecule has 3 aromatic rings. The predicted octanol–water partition coefficient (Wildman–Crippen LogP) is 6.15. The van der Waals surface area contributed by atoms with E-state index in [-0.39, 0.29) is 0 Å². The molecule has 154 valence electrons. The number of rotatable bonds is 3. The minimum absolute atomic E-state index is 0.369. The Hall–Kier alpha value is -3.01. The van der Waals surface area contributed by atoms with Gasteiger partial charge in [0.2, 0.25) is 0 Å². The number of hydrogen-bond acceptors (Lipinski definition) is 2. The molecule has 1 aromatic heterocycles. The normalized spacial score (nSPS) is 16.5. The Kier molecular flexibility index (Phi) is 4.65. The summed E-state index contributed by atoms with van der Waals surface area (Å²) in [6.07, 6.45) is 8.05. The molecule has 0 unspecified atom stereocenters. The van der Waals surface area contributed by atoms with Gasteiger partial charge in [0.1, 0.15) is 5.75 Å². The fourth-order valence-corrected chi connectivity index (χ4v) is 5.28. The molecule has 1 aliphatic carbocycles. The van der Waals surface area contributed by atoms with Gasteiger partial charge >= 0.3 is 5.97 Å². The first-order chi connectivity index (χ1) is 14.6. The van der Waals surface area contributed by atoms with Crippen LogP contribution >= 0.6 is 0 Å². The number of ether oxygens (including phenoxy) is 1. The third kappa shape index (κ3) is 3.02. The molecule has 1 aliphatic heterocycles. The van der Waals surface area contributed by atoms with Crippen molar-refractivity contribution in [2.45, 2.75) is 51.5 Å². The number of benzene rings is 2. The second-order valence-electron chi connectivity index (χ2n) is 8.63. The minimum atomic E-state index is -0.870. The molecule has 1 fully saturated rings. The molecule has 0 radical (unpaired) electrons. The number of fused-ring (bicyclic) bond motifs is 5. The molecule has 2 heterocycles. The van der Waals surface area contributed by atoms with Crippen molar-refractivity contribution in [3.8, 4) is 17.0 Å². The lowest BCUT2D eigenvalue weighted by atomic mass is 9.81. The summed E-state index contributed by atoms with van der Waals surface area (Å²) in [4.78, 5) is 12.1. The van der Waals surface area contributed by atoms with E-state index >= 15 is 0 Å². The summed E-state index contributed by atoms with van der Waals surface area (Å²) in [5.41, 5.74) is 7.34. The number of hydrogen-bond donors (Lipinski definition) is 1. The second-order valence-corrected chi connectivity index (χ2v) is 8.63. The van der Waals surface area contributed by atoms with Gasteiger partial charge in [-0.25, -0.2) is 4.79 Å². The average molecular weight is 402 g/mol. The molecule has 0 bridgehead atoms. The Morgan fingerprint density at radius 2 is 1.90 bits per heavy atom. The summed E-state index contributed by atoms with van der Waals surface area (Å²) in [5.74, 6) is 0.390. The highest BCUT2D eigenvalue weighted by atomic mass is 16.5. The Bertz CT molecular complexity index is 1180. The third-order valence-electron chi connectivity index (χ3n) is 6.72. The lowest BCUT2D eigenvalue weighted by Gasteiger charge is -2.24. The highest BCUT2D eigenvalue weighted by Crippen LogP contribution is 2.46. The molecular formula is C26H27NO3. The van der Waals surface area contributed by atoms with Gasteiger partial charge in [-0.1, -0.05) is 31.4 Å². The van der Waals surface area contributed by atoms with Crippen LogP contribution in [0.4, 0.5) is 0 Å². The van der Waals surface area contributed by atoms with Gasteiger partial charge in [-0.3, -0.25) is 0 Å². The molecule has 5 rings (SSSR count). The van der Waals surface area contributed by atoms with E-state index in [1.807, 2.05) is 18.2 Å². The van der Waals surface area contributed by atoms with Crippen molar-refractivity contribution < 1.29 is 14.6 Å². The summed E-state index contributed by atoms with van der Waals surface area (Å²) in [6.45, 7) is 2.47. The summed E-state index contributed by atoms with van der Waals surface area (Å²) >= 11 is 0. The molecule has 4 nitrogen and oxygen atoms in total. The summed E-state index contributed by atoms with van der Waals surface area (Å²) in [7, 11) is 1.65. The van der Waals surface area contributed by atoms with Crippen molar-refractivity contribution in [3.63, 3.8) is 0 Å². The number of aromatic nitrogens is 1. The van der Waals surface area contributed by atoms with E-state index < -0.39 is 5.97 Å². The molecule has 1 saturated carbocycles. The van der Waals surface area contributed by atoms with Crippen LogP contribution in [0.2, 0.25) is 0 Å². The maximum absolute atomic E-state index is 12.1. The van der Waals surface area contributed by atoms with Crippen molar-refractivity contribution in [1.29, 1.82) is 0 Å². The average Bonchev–Trinajstić information content (AvgIpc) is 2.95. The van der Waals surface area contributed by atoms with E-state index in [2.05, 4.69) is 35.8 Å². The van der Waals surface area contributed by atoms with Crippen molar-refractivity contribution in [3.05, 3.63) is 58.7 Å². The number of aryl methyl sites for hydroxylation is 1. The van der Waals surface area contributed by atoms with E-state index in [4.69, 9.17) is 4.74 Å². The van der Waals surface area contributed by atoms with Gasteiger partial charge in [-0.2, -0.15) is 0 Å². The van der Waals surface area contributed by atoms with Gasteiger partial charge in [0.05, 0.1) is 24.9 Å². The van der Waals surface area contributed by atoms with Crippen LogP contribution in [0.3, 0.4) is 0 Å². The molecule has 1 N–H and O–H groups in total. The number of carboxylic acids is 1. The molecule has 4 heteroatoms. The van der Waals surface area contributed by atoms with Gasteiger partial charge in [0.25, 0.3) is 0 Å². The van der Waals surface area contributed by atoms with Gasteiger partial charge in [0, 0.05) is 16.5 Å². The SMILES string of the molecule is COc1ccc2c(c1)C=C(C(=O)O)Cn1c-2c(C2CCCCC2)c2ccc(C)cc21. The zero-order valence-corrected chi connectivity index (χ0v) is 17.6. The molecule has 0 saturated heterocycles. The molecule has 0 spiro atoms. The van der Waals surface area contributed by atoms with Gasteiger partial charge in [-0.15, -0.1) is 0 Å². The van der Waals surface area contributed by atoms with Gasteiger partial charge in [-0.05, 0) is 72.7 Å². The first kappa shape index (κ1) is 19.0. The molecule has 2 aromatic carbocycles. The molecule has 0 atom stereocenters. The van der Waals surface area contributed by atoms with E-state index in [0.717, 1.165) is 22.4 Å². The first-order valence-corrected chi connectivity index (χ1v) is 10.8. The Balaban J connectivity index is 1.86. The monoisotopic (exact) mass is 401 g/mol. The van der Waals surface area contributed by atoms with Crippen LogP contribution in [0.5, 0.6) is 5.75 Å². The van der Waals surface area contributed by atoms with E-state index in [1.165, 1.54) is 54.3 Å². The molecule has 30 heavy (non-hydrogen) atoms. The van der Waals surface area contributed by atoms with Gasteiger partial charge < -0.3 is 14.4 Å². The number of carbonyl (C=O) groups is 1. The Labute approximate surface area is 176 Å². The lowest BCUT2D eigenvalue weighted by Crippen LogP contribution is -2.10. The smallest absolute Gasteiger partial charge is 0.333 e. The summed E-state index contributed by atoms with van der Waals surface area (Å²) in [6, 6.07) is 12.7. The number of nitrogens with zero attached hydrogens (tertiary/aromatic N) is 1. The maximum atomic E-state index is 12.1. The highest BCUT2D eigenvalue weighted by molar-refractivity contribution is 5.99. The number of methoxy groups -OCH3 is 1. The van der Waals surface area contributed by atoms with Crippen LogP contribution < -0.4 is 4.74 Å². The van der Waals surface area contributed by atoms with E-state index in [9.17, 15) is 9.90 Å². The Morgan fingerprint density at radius 3 is 2.63 bits per heavy atom. The van der Waals surface area contributed by atoms with E-state index in [1.54, 1.807) is 7.11 Å². The minimum Gasteiger partial charge on any atom is -0.497 e. The first-order valence-electron chi connectivity index (χ1n) is 10.8. The van der Waals surface area contributed by atoms with Crippen LogP contribution in [-0.2, 0) is 11.3 Å². The summed E-state index contributed by atoms with van der Waals surface area (Å²) in [5, 5.41) is 11.2. The van der Waals surface area contributed by atoms with Crippen LogP contribution in [0.1, 0.15) is 54.7 Å². The highest BCUT2D eigenvalue weighted by Gasteiger charge is 2.30. The van der Waals surface area contributed by atoms with E-state index in [0.29, 0.717) is 18.0 Å². The van der Waals surface area contributed by atoms with Crippen molar-refractivity contribution in [1.82, 2.24) is 4.57 Å². The predicted molar refractivity (Wildman–Crippen MR) is 120 cm³/mol. The van der Waals surface area contributed by atoms with Crippen molar-refractivity contribution in [2.24, 2.45) is 0 Å². The van der Waals surface area contributed by atoms with Crippen LogP contribution in [0.25, 0.3) is 28.2 Å². The van der Waals surface area contributed by atoms with Gasteiger partial charge in [0.15, 0.2) is 0 Å². The lowest BCUT2D eigenvalue weighted by molar-refractivity contribution is -0.132. The fraction of sp³-hybridized carbons (Fsp3) is 0.346. The molecular weight excluding hydrogens is 374 g/mol. The topological polar surface area (TPSA) is 51.5 Å². The van der Waals surface area contributed by atoms with Crippen LogP contribution in [0, 0.1) is 6.92 Å². The summed E-state index contributed by atoms with van der Waals surface area (Å²) < 4.78 is 7.68. The molecule has 2 aliphatic rings. The third-order valence-corrected chi connectivity index (χ3v) is 6.72.